The Bertz CT molecular complexity index is 186. The van der Waals surface area contributed by atoms with E-state index in [1.165, 1.54) is 0 Å². The van der Waals surface area contributed by atoms with E-state index in [1.54, 1.807) is 0 Å². The summed E-state index contributed by atoms with van der Waals surface area (Å²) in [6.45, 7) is 0. The maximum atomic E-state index is 9.62. The van der Waals surface area contributed by atoms with Crippen LogP contribution in [0.3, 0.4) is 0 Å². The molecule has 0 aromatic carbocycles. The Labute approximate surface area is 75.6 Å². The van der Waals surface area contributed by atoms with Crippen LogP contribution in [0, 0.1) is 0 Å². The van der Waals surface area contributed by atoms with Crippen LogP contribution in [0.1, 0.15) is 1.43 Å². The van der Waals surface area contributed by atoms with Crippen LogP contribution in [0.2, 0.25) is 0 Å². The Kier molecular flexibility index (Phi) is 5.69. The maximum Gasteiger partial charge on any atom is 1.00 e. The number of hydrogen-bond donors (Lipinski definition) is 2. The van der Waals surface area contributed by atoms with Crippen molar-refractivity contribution in [1.82, 2.24) is 0 Å². The molecule has 0 saturated heterocycles. The van der Waals surface area contributed by atoms with Gasteiger partial charge in [-0.15, -0.1) is 0 Å². The van der Waals surface area contributed by atoms with Gasteiger partial charge in [0.2, 0.25) is 0 Å². The zero-order valence-corrected chi connectivity index (χ0v) is 7.55. The molecule has 0 amide bonds. The Morgan fingerprint density at radius 2 is 1.89 bits per heavy atom. The van der Waals surface area contributed by atoms with Crippen molar-refractivity contribution < 1.29 is 53.9 Å². The summed E-state index contributed by atoms with van der Waals surface area (Å²) in [5.41, 5.74) is 0. The summed E-state index contributed by atoms with van der Waals surface area (Å²) in [6, 6.07) is 0. The quantitative estimate of drug-likeness (QED) is 0.321. The SMILES string of the molecule is O=C(O)CS(=O)(=O)O.[H-].[Na+]. The predicted molar refractivity (Wildman–Crippen MR) is 25.2 cm³/mol. The van der Waals surface area contributed by atoms with Crippen LogP contribution in [0.25, 0.3) is 0 Å². The first-order chi connectivity index (χ1) is 3.42. The van der Waals surface area contributed by atoms with E-state index in [1.807, 2.05) is 0 Å². The van der Waals surface area contributed by atoms with Crippen LogP contribution in [-0.2, 0) is 14.9 Å². The molecular weight excluding hydrogens is 159 g/mol. The Morgan fingerprint density at radius 3 is 1.89 bits per heavy atom. The third-order valence-electron chi connectivity index (χ3n) is 0.306. The normalized spacial score (nSPS) is 9.89. The van der Waals surface area contributed by atoms with Crippen molar-refractivity contribution in [3.8, 4) is 0 Å². The van der Waals surface area contributed by atoms with E-state index < -0.39 is 21.8 Å². The molecule has 0 spiro atoms. The van der Waals surface area contributed by atoms with Crippen LogP contribution < -0.4 is 29.6 Å². The van der Waals surface area contributed by atoms with Gasteiger partial charge in [0.1, 0.15) is 0 Å². The van der Waals surface area contributed by atoms with E-state index in [0.717, 1.165) is 0 Å². The van der Waals surface area contributed by atoms with Gasteiger partial charge in [-0.3, -0.25) is 9.35 Å². The molecule has 0 aliphatic rings. The number of carboxylic acid groups (broad SMARTS) is 1. The molecule has 0 saturated carbocycles. The van der Waals surface area contributed by atoms with E-state index in [2.05, 4.69) is 0 Å². The second kappa shape index (κ2) is 4.24. The minimum atomic E-state index is -4.32. The second-order valence-electron chi connectivity index (χ2n) is 1.12. The molecule has 0 unspecified atom stereocenters. The number of hydrogen-bond acceptors (Lipinski definition) is 3. The van der Waals surface area contributed by atoms with Crippen molar-refractivity contribution in [1.29, 1.82) is 0 Å². The topological polar surface area (TPSA) is 91.7 Å². The summed E-state index contributed by atoms with van der Waals surface area (Å²) in [5, 5.41) is 7.71. The van der Waals surface area contributed by atoms with Crippen molar-refractivity contribution in [2.75, 3.05) is 5.75 Å². The van der Waals surface area contributed by atoms with Crippen molar-refractivity contribution in [3.05, 3.63) is 0 Å². The van der Waals surface area contributed by atoms with Gasteiger partial charge in [0.15, 0.2) is 5.75 Å². The minimum Gasteiger partial charge on any atom is -1.00 e. The van der Waals surface area contributed by atoms with Crippen LogP contribution in [0.15, 0.2) is 0 Å². The number of aliphatic carboxylic acids is 1. The Balaban J connectivity index is -0.000000245. The monoisotopic (exact) mass is 164 g/mol. The fourth-order valence-electron chi connectivity index (χ4n) is 0.156. The van der Waals surface area contributed by atoms with Crippen molar-refractivity contribution >= 4 is 16.1 Å². The first kappa shape index (κ1) is 12.1. The van der Waals surface area contributed by atoms with E-state index in [9.17, 15) is 13.2 Å². The molecule has 5 nitrogen and oxygen atoms in total. The summed E-state index contributed by atoms with van der Waals surface area (Å²) in [6.07, 6.45) is 0. The van der Waals surface area contributed by atoms with Crippen molar-refractivity contribution in [3.63, 3.8) is 0 Å². The molecule has 0 heterocycles. The first-order valence-corrected chi connectivity index (χ1v) is 3.20. The smallest absolute Gasteiger partial charge is 1.00 e. The Hall–Kier alpha value is 0.380. The maximum absolute atomic E-state index is 9.62. The largest absolute Gasteiger partial charge is 1.00 e. The molecule has 0 bridgehead atoms. The van der Waals surface area contributed by atoms with Crippen LogP contribution in [0.5, 0.6) is 0 Å². The molecule has 0 rings (SSSR count). The van der Waals surface area contributed by atoms with Gasteiger partial charge in [-0.05, 0) is 0 Å². The fourth-order valence-corrected chi connectivity index (χ4v) is 0.468. The molecule has 0 aromatic heterocycles. The fraction of sp³-hybridized carbons (Fsp3) is 0.500. The molecule has 0 aromatic rings. The molecule has 0 fully saturated rings. The van der Waals surface area contributed by atoms with Gasteiger partial charge in [0.05, 0.1) is 0 Å². The Morgan fingerprint density at radius 1 is 1.56 bits per heavy atom. The van der Waals surface area contributed by atoms with E-state index >= 15 is 0 Å². The predicted octanol–water partition coefficient (Wildman–Crippen LogP) is -3.92. The van der Waals surface area contributed by atoms with Gasteiger partial charge in [-0.1, -0.05) is 0 Å². The molecule has 50 valence electrons. The third-order valence-corrected chi connectivity index (χ3v) is 0.918. The molecule has 7 heteroatoms. The zero-order chi connectivity index (χ0) is 6.78. The standard InChI is InChI=1S/C2H4O5S.Na.H/c3-2(4)1-8(5,6)7;;/h1H2,(H,3,4)(H,5,6,7);;/q;+1;-1. The van der Waals surface area contributed by atoms with Crippen LogP contribution >= 0.6 is 0 Å². The molecule has 0 radical (unpaired) electrons. The summed E-state index contributed by atoms with van der Waals surface area (Å²) < 4.78 is 27.0. The molecular formula is C2H5NaO5S. The van der Waals surface area contributed by atoms with Gasteiger partial charge in [0.25, 0.3) is 10.1 Å². The van der Waals surface area contributed by atoms with Gasteiger partial charge >= 0.3 is 35.5 Å². The van der Waals surface area contributed by atoms with E-state index in [4.69, 9.17) is 9.66 Å². The average Bonchev–Trinajstić information content (AvgIpc) is 1.21. The van der Waals surface area contributed by atoms with Crippen molar-refractivity contribution in [2.24, 2.45) is 0 Å². The van der Waals surface area contributed by atoms with E-state index in [-0.39, 0.29) is 31.0 Å². The summed E-state index contributed by atoms with van der Waals surface area (Å²) in [4.78, 5) is 9.48. The van der Waals surface area contributed by atoms with Gasteiger partial charge in [-0.2, -0.15) is 8.42 Å². The molecule has 0 aliphatic heterocycles. The number of rotatable bonds is 2. The number of carbonyl (C=O) groups is 1. The summed E-state index contributed by atoms with van der Waals surface area (Å²) in [7, 11) is -4.32. The molecule has 2 N–H and O–H groups in total. The number of carboxylic acids is 1. The van der Waals surface area contributed by atoms with Crippen LogP contribution in [-0.4, -0.2) is 29.8 Å². The van der Waals surface area contributed by atoms with Gasteiger partial charge in [-0.25, -0.2) is 0 Å². The zero-order valence-electron chi connectivity index (χ0n) is 5.73. The molecule has 0 aliphatic carbocycles. The van der Waals surface area contributed by atoms with Gasteiger partial charge in [0, 0.05) is 0 Å². The van der Waals surface area contributed by atoms with Gasteiger partial charge < -0.3 is 6.53 Å². The third kappa shape index (κ3) is 11.8. The van der Waals surface area contributed by atoms with Crippen molar-refractivity contribution in [2.45, 2.75) is 0 Å². The minimum absolute atomic E-state index is 0. The van der Waals surface area contributed by atoms with E-state index in [0.29, 0.717) is 0 Å². The summed E-state index contributed by atoms with van der Waals surface area (Å²) in [5.74, 6) is -2.79. The molecule has 9 heavy (non-hydrogen) atoms. The second-order valence-corrected chi connectivity index (χ2v) is 2.57. The molecule has 0 atom stereocenters. The summed E-state index contributed by atoms with van der Waals surface area (Å²) >= 11 is 0. The first-order valence-electron chi connectivity index (χ1n) is 1.59. The van der Waals surface area contributed by atoms with Crippen LogP contribution in [0.4, 0.5) is 0 Å². The average molecular weight is 164 g/mol.